The van der Waals surface area contributed by atoms with Gasteiger partial charge < -0.3 is 20.0 Å². The molecule has 0 radical (unpaired) electrons. The van der Waals surface area contributed by atoms with Crippen LogP contribution in [0.2, 0.25) is 0 Å². The Morgan fingerprint density at radius 3 is 2.20 bits per heavy atom. The van der Waals surface area contributed by atoms with E-state index >= 15 is 0 Å². The average Bonchev–Trinajstić information content (AvgIpc) is 3.28. The molecular formula is C26H30N4. The molecule has 2 atom stereocenters. The molecule has 5 rings (SSSR count). The molecule has 0 aromatic heterocycles. The zero-order chi connectivity index (χ0) is 20.8. The van der Waals surface area contributed by atoms with Crippen molar-refractivity contribution in [3.8, 4) is 0 Å². The van der Waals surface area contributed by atoms with Crippen LogP contribution in [0.25, 0.3) is 0 Å². The second kappa shape index (κ2) is 7.28. The van der Waals surface area contributed by atoms with Crippen molar-refractivity contribution in [1.29, 1.82) is 0 Å². The molecular weight excluding hydrogens is 368 g/mol. The van der Waals surface area contributed by atoms with Gasteiger partial charge in [0.2, 0.25) is 0 Å². The lowest BCUT2D eigenvalue weighted by Crippen LogP contribution is -2.38. The molecule has 0 spiro atoms. The minimum absolute atomic E-state index is 0.333. The number of nitrogens with one attached hydrogen (secondary N) is 1. The van der Waals surface area contributed by atoms with Crippen molar-refractivity contribution in [2.24, 2.45) is 0 Å². The highest BCUT2D eigenvalue weighted by atomic mass is 15.4. The summed E-state index contributed by atoms with van der Waals surface area (Å²) in [5, 5.41) is 3.36. The second-order valence-electron chi connectivity index (χ2n) is 8.35. The van der Waals surface area contributed by atoms with Crippen molar-refractivity contribution in [2.45, 2.75) is 32.4 Å². The van der Waals surface area contributed by atoms with E-state index in [0.717, 1.165) is 13.0 Å². The van der Waals surface area contributed by atoms with Crippen molar-refractivity contribution in [2.75, 3.05) is 40.7 Å². The van der Waals surface area contributed by atoms with E-state index in [9.17, 15) is 0 Å². The smallest absolute Gasteiger partial charge is 0.106 e. The molecule has 0 aliphatic carbocycles. The van der Waals surface area contributed by atoms with E-state index in [-0.39, 0.29) is 0 Å². The molecule has 2 aliphatic heterocycles. The number of fused-ring (bicyclic) bond motifs is 2. The van der Waals surface area contributed by atoms with Crippen LogP contribution in [0.1, 0.15) is 31.7 Å². The van der Waals surface area contributed by atoms with E-state index in [0.29, 0.717) is 12.1 Å². The van der Waals surface area contributed by atoms with Crippen molar-refractivity contribution in [3.63, 3.8) is 0 Å². The van der Waals surface area contributed by atoms with Crippen molar-refractivity contribution >= 4 is 34.1 Å². The van der Waals surface area contributed by atoms with Gasteiger partial charge in [0.25, 0.3) is 0 Å². The summed E-state index contributed by atoms with van der Waals surface area (Å²) in [6.07, 6.45) is 1.40. The standard InChI is InChI=1S/C26H30N4/c1-5-25-28(4)21-13-8-9-14-22(21)30(25)24-16-10-15-23-26(24)18(2)17-29(23)20-12-7-6-11-19(20)27-3/h6-16,18,25,27H,5,17H2,1-4H3. The second-order valence-corrected chi connectivity index (χ2v) is 8.35. The average molecular weight is 399 g/mol. The van der Waals surface area contributed by atoms with Gasteiger partial charge in [0.05, 0.1) is 22.7 Å². The van der Waals surface area contributed by atoms with E-state index < -0.39 is 0 Å². The van der Waals surface area contributed by atoms with Crippen LogP contribution in [0.3, 0.4) is 0 Å². The van der Waals surface area contributed by atoms with Gasteiger partial charge in [-0.05, 0) is 42.8 Å². The van der Waals surface area contributed by atoms with Crippen LogP contribution in [-0.2, 0) is 0 Å². The molecule has 3 aromatic rings. The molecule has 0 bridgehead atoms. The third kappa shape index (κ3) is 2.67. The van der Waals surface area contributed by atoms with E-state index in [1.807, 2.05) is 7.05 Å². The molecule has 0 fully saturated rings. The van der Waals surface area contributed by atoms with Crippen LogP contribution in [0.15, 0.2) is 66.7 Å². The first kappa shape index (κ1) is 18.9. The summed E-state index contributed by atoms with van der Waals surface area (Å²) in [5.41, 5.74) is 9.14. The van der Waals surface area contributed by atoms with E-state index in [1.54, 1.807) is 0 Å². The topological polar surface area (TPSA) is 21.8 Å². The Hall–Kier alpha value is -3.14. The summed E-state index contributed by atoms with van der Waals surface area (Å²) in [7, 11) is 4.22. The Morgan fingerprint density at radius 2 is 1.47 bits per heavy atom. The largest absolute Gasteiger partial charge is 0.386 e. The molecule has 30 heavy (non-hydrogen) atoms. The van der Waals surface area contributed by atoms with Gasteiger partial charge in [0.1, 0.15) is 6.17 Å². The molecule has 0 saturated carbocycles. The SMILES string of the molecule is CCC1N(C)c2ccccc2N1c1cccc2c1C(C)CN2c1ccccc1NC. The van der Waals surface area contributed by atoms with E-state index in [1.165, 1.54) is 39.7 Å². The summed E-state index contributed by atoms with van der Waals surface area (Å²) in [6, 6.07) is 24.2. The number of rotatable bonds is 4. The highest BCUT2D eigenvalue weighted by molar-refractivity contribution is 5.89. The fourth-order valence-electron chi connectivity index (χ4n) is 5.31. The van der Waals surface area contributed by atoms with Crippen LogP contribution in [0.4, 0.5) is 34.1 Å². The summed E-state index contributed by atoms with van der Waals surface area (Å²) >= 11 is 0. The number of anilines is 6. The van der Waals surface area contributed by atoms with Gasteiger partial charge in [-0.1, -0.05) is 44.2 Å². The molecule has 4 nitrogen and oxygen atoms in total. The number of hydrogen-bond acceptors (Lipinski definition) is 4. The minimum Gasteiger partial charge on any atom is -0.386 e. The molecule has 0 amide bonds. The zero-order valence-electron chi connectivity index (χ0n) is 18.3. The fourth-order valence-corrected chi connectivity index (χ4v) is 5.31. The maximum absolute atomic E-state index is 3.36. The van der Waals surface area contributed by atoms with Crippen LogP contribution in [-0.4, -0.2) is 26.8 Å². The van der Waals surface area contributed by atoms with Crippen LogP contribution < -0.4 is 20.0 Å². The number of hydrogen-bond donors (Lipinski definition) is 1. The first-order chi connectivity index (χ1) is 14.7. The lowest BCUT2D eigenvalue weighted by atomic mass is 10.00. The molecule has 1 N–H and O–H groups in total. The third-order valence-electron chi connectivity index (χ3n) is 6.66. The predicted octanol–water partition coefficient (Wildman–Crippen LogP) is 6.31. The molecule has 2 aliphatic rings. The molecule has 2 heterocycles. The van der Waals surface area contributed by atoms with Crippen LogP contribution >= 0.6 is 0 Å². The van der Waals surface area contributed by atoms with E-state index in [2.05, 4.69) is 108 Å². The van der Waals surface area contributed by atoms with Crippen LogP contribution in [0.5, 0.6) is 0 Å². The molecule has 3 aromatic carbocycles. The van der Waals surface area contributed by atoms with Gasteiger partial charge in [0.15, 0.2) is 0 Å². The minimum atomic E-state index is 0.333. The Morgan fingerprint density at radius 1 is 0.833 bits per heavy atom. The van der Waals surface area contributed by atoms with Crippen LogP contribution in [0, 0.1) is 0 Å². The Balaban J connectivity index is 1.66. The monoisotopic (exact) mass is 398 g/mol. The Kier molecular flexibility index (Phi) is 4.58. The summed E-state index contributed by atoms with van der Waals surface area (Å²) < 4.78 is 0. The number of benzene rings is 3. The first-order valence-corrected chi connectivity index (χ1v) is 10.9. The summed E-state index contributed by atoms with van der Waals surface area (Å²) in [6.45, 7) is 5.63. The van der Waals surface area contributed by atoms with Gasteiger partial charge in [-0.3, -0.25) is 0 Å². The molecule has 2 unspecified atom stereocenters. The normalized spacial score (nSPS) is 19.8. The Bertz CT molecular complexity index is 1080. The summed E-state index contributed by atoms with van der Waals surface area (Å²) in [5.74, 6) is 0.455. The maximum atomic E-state index is 3.36. The highest BCUT2D eigenvalue weighted by Crippen LogP contribution is 2.52. The quantitative estimate of drug-likeness (QED) is 0.556. The predicted molar refractivity (Wildman–Crippen MR) is 129 cm³/mol. The fraction of sp³-hybridized carbons (Fsp3) is 0.308. The van der Waals surface area contributed by atoms with Gasteiger partial charge in [-0.2, -0.15) is 0 Å². The summed E-state index contributed by atoms with van der Waals surface area (Å²) in [4.78, 5) is 7.45. The van der Waals surface area contributed by atoms with Gasteiger partial charge >= 0.3 is 0 Å². The third-order valence-corrected chi connectivity index (χ3v) is 6.66. The van der Waals surface area contributed by atoms with Gasteiger partial charge in [0, 0.05) is 43.5 Å². The van der Waals surface area contributed by atoms with E-state index in [4.69, 9.17) is 0 Å². The molecule has 0 saturated heterocycles. The number of nitrogens with zero attached hydrogens (tertiary/aromatic N) is 3. The zero-order valence-corrected chi connectivity index (χ0v) is 18.3. The van der Waals surface area contributed by atoms with Crippen molar-refractivity contribution in [1.82, 2.24) is 0 Å². The van der Waals surface area contributed by atoms with Crippen molar-refractivity contribution in [3.05, 3.63) is 72.3 Å². The Labute approximate surface area is 179 Å². The first-order valence-electron chi connectivity index (χ1n) is 10.9. The molecule has 4 heteroatoms. The lowest BCUT2D eigenvalue weighted by Gasteiger charge is -2.32. The number of para-hydroxylation sites is 4. The lowest BCUT2D eigenvalue weighted by molar-refractivity contribution is 0.644. The maximum Gasteiger partial charge on any atom is 0.106 e. The molecule has 154 valence electrons. The van der Waals surface area contributed by atoms with Gasteiger partial charge in [-0.25, -0.2) is 0 Å². The van der Waals surface area contributed by atoms with Crippen molar-refractivity contribution < 1.29 is 0 Å². The van der Waals surface area contributed by atoms with Gasteiger partial charge in [-0.15, -0.1) is 0 Å². The highest BCUT2D eigenvalue weighted by Gasteiger charge is 2.38.